The summed E-state index contributed by atoms with van der Waals surface area (Å²) in [5, 5.41) is 5.75. The number of carbonyl (C=O) groups excluding carboxylic acids is 1. The molecule has 2 atom stereocenters. The first kappa shape index (κ1) is 25.4. The lowest BCUT2D eigenvalue weighted by molar-refractivity contribution is -0.286. The summed E-state index contributed by atoms with van der Waals surface area (Å²) in [6.07, 6.45) is -2.89. The summed E-state index contributed by atoms with van der Waals surface area (Å²) in [4.78, 5) is 33.4. The second-order valence-electron chi connectivity index (χ2n) is 8.99. The first-order valence-electron chi connectivity index (χ1n) is 11.4. The van der Waals surface area contributed by atoms with Crippen LogP contribution in [0.15, 0.2) is 29.2 Å². The molecule has 3 aromatic rings. The van der Waals surface area contributed by atoms with E-state index in [4.69, 9.17) is 0 Å². The van der Waals surface area contributed by atoms with E-state index in [1.807, 2.05) is 0 Å². The number of nitrogens with zero attached hydrogens (tertiary/aromatic N) is 2. The van der Waals surface area contributed by atoms with Crippen LogP contribution in [0.4, 0.5) is 22.7 Å². The van der Waals surface area contributed by atoms with Crippen molar-refractivity contribution >= 4 is 32.6 Å². The molecule has 0 saturated carbocycles. The number of nitrogens with one attached hydrogen (secondary N) is 3. The van der Waals surface area contributed by atoms with Crippen molar-refractivity contribution in [1.82, 2.24) is 20.2 Å². The molecular weight excluding hydrogens is 518 g/mol. The van der Waals surface area contributed by atoms with E-state index < -0.39 is 36.5 Å². The largest absolute Gasteiger partial charge is 0.586 e. The van der Waals surface area contributed by atoms with E-state index in [0.717, 1.165) is 11.3 Å². The van der Waals surface area contributed by atoms with Gasteiger partial charge in [-0.15, -0.1) is 8.78 Å². The number of anilines is 1. The molecular formula is C23H23F4N5O4S. The Balaban J connectivity index is 1.30. The Morgan fingerprint density at radius 3 is 2.73 bits per heavy atom. The summed E-state index contributed by atoms with van der Waals surface area (Å²) in [6.45, 7) is 1.75. The smallest absolute Gasteiger partial charge is 0.395 e. The van der Waals surface area contributed by atoms with E-state index >= 15 is 0 Å². The second-order valence-corrected chi connectivity index (χ2v) is 10.0. The zero-order chi connectivity index (χ0) is 26.5. The number of piperidine rings is 1. The average Bonchev–Trinajstić information content (AvgIpc) is 3.34. The fourth-order valence-corrected chi connectivity index (χ4v) is 5.38. The average molecular weight is 542 g/mol. The molecule has 14 heteroatoms. The van der Waals surface area contributed by atoms with E-state index in [-0.39, 0.29) is 41.8 Å². The van der Waals surface area contributed by atoms with E-state index in [1.165, 1.54) is 24.4 Å². The molecule has 1 saturated heterocycles. The Bertz CT molecular complexity index is 1370. The van der Waals surface area contributed by atoms with Crippen LogP contribution in [0.2, 0.25) is 0 Å². The Morgan fingerprint density at radius 1 is 1.27 bits per heavy atom. The molecule has 2 aliphatic heterocycles. The van der Waals surface area contributed by atoms with Crippen molar-refractivity contribution in [3.8, 4) is 11.5 Å². The van der Waals surface area contributed by atoms with Gasteiger partial charge in [-0.2, -0.15) is 0 Å². The molecule has 1 amide bonds. The third-order valence-electron chi connectivity index (χ3n) is 6.50. The van der Waals surface area contributed by atoms with Crippen LogP contribution in [0.3, 0.4) is 0 Å². The topological polar surface area (TPSA) is 109 Å². The minimum absolute atomic E-state index is 0.000264. The lowest BCUT2D eigenvalue weighted by Crippen LogP contribution is -2.52. The van der Waals surface area contributed by atoms with Crippen molar-refractivity contribution in [2.75, 3.05) is 25.5 Å². The van der Waals surface area contributed by atoms with Crippen LogP contribution >= 0.6 is 11.3 Å². The maximum atomic E-state index is 14.9. The fourth-order valence-electron chi connectivity index (χ4n) is 4.50. The van der Waals surface area contributed by atoms with Gasteiger partial charge in [-0.1, -0.05) is 11.3 Å². The number of hydrogen-bond donors (Lipinski definition) is 3. The number of ether oxygens (including phenoxy) is 2. The number of pyridine rings is 1. The Kier molecular flexibility index (Phi) is 6.36. The highest BCUT2D eigenvalue weighted by Gasteiger charge is 2.47. The van der Waals surface area contributed by atoms with Gasteiger partial charge in [0.05, 0.1) is 22.2 Å². The van der Waals surface area contributed by atoms with Crippen LogP contribution in [0.5, 0.6) is 11.5 Å². The number of rotatable bonds is 6. The number of benzene rings is 1. The van der Waals surface area contributed by atoms with Gasteiger partial charge in [0, 0.05) is 49.9 Å². The second kappa shape index (κ2) is 9.26. The van der Waals surface area contributed by atoms with Crippen molar-refractivity contribution in [3.05, 3.63) is 45.9 Å². The molecule has 2 aromatic heterocycles. The Labute approximate surface area is 211 Å². The summed E-state index contributed by atoms with van der Waals surface area (Å²) in [5.41, 5.74) is 0.622. The van der Waals surface area contributed by atoms with Crippen molar-refractivity contribution < 1.29 is 31.8 Å². The molecule has 1 fully saturated rings. The zero-order valence-corrected chi connectivity index (χ0v) is 20.6. The highest BCUT2D eigenvalue weighted by Crippen LogP contribution is 2.45. The number of hydrogen-bond acceptors (Lipinski definition) is 8. The first-order valence-corrected chi connectivity index (χ1v) is 12.3. The summed E-state index contributed by atoms with van der Waals surface area (Å²) in [6, 6.07) is 3.36. The van der Waals surface area contributed by atoms with Crippen LogP contribution in [0.1, 0.15) is 30.4 Å². The minimum atomic E-state index is -3.75. The molecule has 0 unspecified atom stereocenters. The van der Waals surface area contributed by atoms with Crippen molar-refractivity contribution in [2.45, 2.75) is 44.1 Å². The fraction of sp³-hybridized carbons (Fsp3) is 0.435. The maximum absolute atomic E-state index is 14.9. The molecule has 37 heavy (non-hydrogen) atoms. The molecule has 5 rings (SSSR count). The number of thiazole rings is 1. The van der Waals surface area contributed by atoms with Crippen LogP contribution in [0, 0.1) is 0 Å². The predicted octanol–water partition coefficient (Wildman–Crippen LogP) is 3.48. The normalized spacial score (nSPS) is 21.2. The number of H-pyrrole nitrogens is 1. The minimum Gasteiger partial charge on any atom is -0.395 e. The predicted molar refractivity (Wildman–Crippen MR) is 128 cm³/mol. The molecule has 3 N–H and O–H groups in total. The van der Waals surface area contributed by atoms with Gasteiger partial charge in [0.25, 0.3) is 11.5 Å². The van der Waals surface area contributed by atoms with Crippen molar-refractivity contribution in [2.24, 2.45) is 0 Å². The van der Waals surface area contributed by atoms with Gasteiger partial charge in [-0.3, -0.25) is 14.5 Å². The number of aromatic amines is 1. The van der Waals surface area contributed by atoms with Crippen molar-refractivity contribution in [3.63, 3.8) is 0 Å². The van der Waals surface area contributed by atoms with Gasteiger partial charge in [0.1, 0.15) is 0 Å². The first-order chi connectivity index (χ1) is 17.5. The highest BCUT2D eigenvalue weighted by atomic mass is 32.1. The SMILES string of the molecule is CNCc1cc([C@@H]2CN([C@@H](C)C(=O)Nc3nc4cc5c(cc4s3)OC(F)(F)O5)CCC2(F)F)c[nH]c1=O. The van der Waals surface area contributed by atoms with Crippen LogP contribution in [-0.4, -0.2) is 59.2 Å². The number of amides is 1. The molecule has 0 bridgehead atoms. The van der Waals surface area contributed by atoms with E-state index in [0.29, 0.717) is 21.3 Å². The molecule has 2 aliphatic rings. The van der Waals surface area contributed by atoms with Crippen LogP contribution in [-0.2, 0) is 11.3 Å². The van der Waals surface area contributed by atoms with Gasteiger partial charge < -0.3 is 25.1 Å². The van der Waals surface area contributed by atoms with E-state index in [9.17, 15) is 27.2 Å². The van der Waals surface area contributed by atoms with Gasteiger partial charge in [-0.05, 0) is 25.6 Å². The monoisotopic (exact) mass is 541 g/mol. The Morgan fingerprint density at radius 2 is 2.00 bits per heavy atom. The lowest BCUT2D eigenvalue weighted by atomic mass is 9.86. The van der Waals surface area contributed by atoms with Gasteiger partial charge in [0.15, 0.2) is 16.6 Å². The third-order valence-corrected chi connectivity index (χ3v) is 7.43. The maximum Gasteiger partial charge on any atom is 0.586 e. The Hall–Kier alpha value is -3.23. The molecule has 0 radical (unpaired) electrons. The van der Waals surface area contributed by atoms with Crippen molar-refractivity contribution in [1.29, 1.82) is 0 Å². The summed E-state index contributed by atoms with van der Waals surface area (Å²) in [7, 11) is 1.65. The quantitative estimate of drug-likeness (QED) is 0.410. The zero-order valence-electron chi connectivity index (χ0n) is 19.7. The number of alkyl halides is 4. The molecule has 9 nitrogen and oxygen atoms in total. The van der Waals surface area contributed by atoms with Gasteiger partial charge in [0.2, 0.25) is 5.91 Å². The number of halogens is 4. The number of likely N-dealkylation sites (tertiary alicyclic amines) is 1. The van der Waals surface area contributed by atoms with E-state index in [1.54, 1.807) is 18.9 Å². The summed E-state index contributed by atoms with van der Waals surface area (Å²) >= 11 is 1.06. The molecule has 1 aromatic carbocycles. The third kappa shape index (κ3) is 5.00. The lowest BCUT2D eigenvalue weighted by Gasteiger charge is -2.40. The van der Waals surface area contributed by atoms with E-state index in [2.05, 4.69) is 30.1 Å². The van der Waals surface area contributed by atoms with Gasteiger partial charge >= 0.3 is 6.29 Å². The van der Waals surface area contributed by atoms with Crippen LogP contribution in [0.25, 0.3) is 10.2 Å². The molecule has 0 aliphatic carbocycles. The molecule has 198 valence electrons. The molecule has 4 heterocycles. The number of carbonyl (C=O) groups is 1. The standard InChI is InChI=1S/C23H23F4N5O4S/c1-11(19(33)31-21-30-15-6-16-17(7-18(15)37-21)36-23(26,27)35-16)32-4-3-22(24,25)14(10-32)12-5-13(8-28-2)20(34)29-9-12/h5-7,9,11,14,28H,3-4,8,10H2,1-2H3,(H,29,34)(H,30,31,33)/t11-,14-/m0/s1. The highest BCUT2D eigenvalue weighted by molar-refractivity contribution is 7.22. The van der Waals surface area contributed by atoms with Gasteiger partial charge in [-0.25, -0.2) is 13.8 Å². The van der Waals surface area contributed by atoms with Crippen LogP contribution < -0.4 is 25.7 Å². The summed E-state index contributed by atoms with van der Waals surface area (Å²) < 4.78 is 65.8. The number of fused-ring (bicyclic) bond motifs is 2. The molecule has 0 spiro atoms. The summed E-state index contributed by atoms with van der Waals surface area (Å²) in [5.74, 6) is -4.97. The number of aromatic nitrogens is 2.